The van der Waals surface area contributed by atoms with Gasteiger partial charge in [-0.15, -0.1) is 0 Å². The SMILES string of the molecule is BPCC. The highest BCUT2D eigenvalue weighted by molar-refractivity contribution is 7.66. The molecule has 0 saturated carbocycles. The first-order chi connectivity index (χ1) is 1.91. The molecule has 1 unspecified atom stereocenters. The Kier molecular flexibility index (Phi) is 3.93. The summed E-state index contributed by atoms with van der Waals surface area (Å²) < 4.78 is 0. The molecule has 0 rings (SSSR count). The van der Waals surface area contributed by atoms with Gasteiger partial charge in [0.1, 0.15) is 7.57 Å². The summed E-state index contributed by atoms with van der Waals surface area (Å²) in [5, 5.41) is 0. The Morgan fingerprint density at radius 2 is 2.25 bits per heavy atom. The number of hydrogen-bond donors (Lipinski definition) is 0. The van der Waals surface area contributed by atoms with Gasteiger partial charge in [0.05, 0.1) is 0 Å². The third kappa shape index (κ3) is 2.49. The minimum atomic E-state index is 1.14. The molecule has 4 heavy (non-hydrogen) atoms. The Balaban J connectivity index is 1.97. The van der Waals surface area contributed by atoms with Gasteiger partial charge in [0.25, 0.3) is 0 Å². The highest BCUT2D eigenvalue weighted by Gasteiger charge is 1.56. The van der Waals surface area contributed by atoms with Gasteiger partial charge >= 0.3 is 0 Å². The second-order valence-corrected chi connectivity index (χ2v) is 2.12. The van der Waals surface area contributed by atoms with Gasteiger partial charge in [-0.2, -0.15) is 8.46 Å². The van der Waals surface area contributed by atoms with Gasteiger partial charge in [-0.1, -0.05) is 6.92 Å². The van der Waals surface area contributed by atoms with E-state index in [2.05, 4.69) is 14.5 Å². The summed E-state index contributed by atoms with van der Waals surface area (Å²) in [6, 6.07) is 0. The van der Waals surface area contributed by atoms with Crippen LogP contribution in [-0.2, 0) is 0 Å². The molecule has 0 aliphatic rings. The topological polar surface area (TPSA) is 0 Å². The van der Waals surface area contributed by atoms with Crippen LogP contribution in [0.1, 0.15) is 6.92 Å². The zero-order valence-corrected chi connectivity index (χ0v) is 4.21. The van der Waals surface area contributed by atoms with E-state index in [0.29, 0.717) is 0 Å². The van der Waals surface area contributed by atoms with E-state index < -0.39 is 0 Å². The van der Waals surface area contributed by atoms with E-state index in [9.17, 15) is 0 Å². The second-order valence-electron chi connectivity index (χ2n) is 0.707. The molecule has 0 aromatic carbocycles. The van der Waals surface area contributed by atoms with Crippen molar-refractivity contribution in [3.05, 3.63) is 0 Å². The smallest absolute Gasteiger partial charge is 0.130 e. The van der Waals surface area contributed by atoms with Crippen LogP contribution in [0.3, 0.4) is 0 Å². The molecular formula is C2H8BP. The molecule has 0 aliphatic heterocycles. The molecule has 0 nitrogen and oxygen atoms in total. The summed E-state index contributed by atoms with van der Waals surface area (Å²) in [5.74, 6) is 0. The highest BCUT2D eigenvalue weighted by Crippen LogP contribution is 1.93. The summed E-state index contributed by atoms with van der Waals surface area (Å²) in [7, 11) is 3.35. The molecule has 1 atom stereocenters. The van der Waals surface area contributed by atoms with Crippen LogP contribution in [0, 0.1) is 0 Å². The predicted octanol–water partition coefficient (Wildman–Crippen LogP) is 0.233. The van der Waals surface area contributed by atoms with E-state index in [4.69, 9.17) is 0 Å². The summed E-state index contributed by atoms with van der Waals surface area (Å²) in [5.41, 5.74) is 0. The van der Waals surface area contributed by atoms with Crippen LogP contribution >= 0.6 is 8.46 Å². The fraction of sp³-hybridized carbons (Fsp3) is 1.00. The van der Waals surface area contributed by atoms with Crippen LogP contribution < -0.4 is 0 Å². The van der Waals surface area contributed by atoms with E-state index in [-0.39, 0.29) is 0 Å². The van der Waals surface area contributed by atoms with Crippen LogP contribution in [0.4, 0.5) is 0 Å². The van der Waals surface area contributed by atoms with Gasteiger partial charge < -0.3 is 0 Å². The van der Waals surface area contributed by atoms with Crippen LogP contribution in [-0.4, -0.2) is 13.7 Å². The fourth-order valence-electron chi connectivity index (χ4n) is 0. The van der Waals surface area contributed by atoms with Crippen LogP contribution in [0.15, 0.2) is 0 Å². The normalized spacial score (nSPS) is 10.2. The van der Waals surface area contributed by atoms with Gasteiger partial charge in [0.2, 0.25) is 0 Å². The number of rotatable bonds is 1. The molecule has 0 spiro atoms. The van der Waals surface area contributed by atoms with Gasteiger partial charge in [-0.3, -0.25) is 0 Å². The van der Waals surface area contributed by atoms with E-state index in [1.807, 2.05) is 0 Å². The van der Waals surface area contributed by atoms with E-state index >= 15 is 0 Å². The predicted molar refractivity (Wildman–Crippen MR) is 27.4 cm³/mol. The molecule has 0 bridgehead atoms. The zero-order chi connectivity index (χ0) is 3.41. The summed E-state index contributed by atoms with van der Waals surface area (Å²) in [6.07, 6.45) is 1.35. The third-order valence-electron chi connectivity index (χ3n) is 0.354. The molecule has 0 aromatic rings. The second kappa shape index (κ2) is 3.49. The molecular weight excluding hydrogens is 65.8 g/mol. The first kappa shape index (κ1) is 4.49. The number of hydrogen-bond acceptors (Lipinski definition) is 0. The van der Waals surface area contributed by atoms with Crippen LogP contribution in [0.25, 0.3) is 0 Å². The van der Waals surface area contributed by atoms with Crippen molar-refractivity contribution in [3.8, 4) is 0 Å². The minimum Gasteiger partial charge on any atom is -0.164 e. The lowest BCUT2D eigenvalue weighted by atomic mass is 10.8. The van der Waals surface area contributed by atoms with Crippen molar-refractivity contribution >= 4 is 16.0 Å². The van der Waals surface area contributed by atoms with Crippen molar-refractivity contribution in [1.82, 2.24) is 0 Å². The van der Waals surface area contributed by atoms with Gasteiger partial charge in [0, 0.05) is 0 Å². The fourth-order valence-corrected chi connectivity index (χ4v) is 0. The first-order valence-corrected chi connectivity index (χ1v) is 3.27. The third-order valence-corrected chi connectivity index (χ3v) is 1.06. The maximum Gasteiger partial charge on any atom is 0.130 e. The molecule has 2 heteroatoms. The maximum absolute atomic E-state index is 2.21. The van der Waals surface area contributed by atoms with Crippen molar-refractivity contribution in [2.24, 2.45) is 0 Å². The monoisotopic (exact) mass is 74.0 g/mol. The minimum absolute atomic E-state index is 1.14. The molecule has 0 amide bonds. The Hall–Kier alpha value is 0.495. The van der Waals surface area contributed by atoms with Crippen LogP contribution in [0.2, 0.25) is 0 Å². The van der Waals surface area contributed by atoms with Gasteiger partial charge in [-0.05, 0) is 6.16 Å². The lowest BCUT2D eigenvalue weighted by Crippen LogP contribution is -1.50. The lowest BCUT2D eigenvalue weighted by Gasteiger charge is -1.69. The molecule has 0 aliphatic carbocycles. The van der Waals surface area contributed by atoms with Crippen molar-refractivity contribution < 1.29 is 0 Å². The average Bonchev–Trinajstić information content (AvgIpc) is 1.37. The van der Waals surface area contributed by atoms with Crippen molar-refractivity contribution in [2.45, 2.75) is 6.92 Å². The Labute approximate surface area is 30.1 Å². The molecule has 24 valence electrons. The molecule has 0 aromatic heterocycles. The average molecular weight is 73.9 g/mol. The summed E-state index contributed by atoms with van der Waals surface area (Å²) in [4.78, 5) is 0. The van der Waals surface area contributed by atoms with E-state index in [1.165, 1.54) is 6.16 Å². The van der Waals surface area contributed by atoms with Crippen molar-refractivity contribution in [3.63, 3.8) is 0 Å². The van der Waals surface area contributed by atoms with Gasteiger partial charge in [-0.25, -0.2) is 0 Å². The van der Waals surface area contributed by atoms with E-state index in [1.54, 1.807) is 0 Å². The zero-order valence-electron chi connectivity index (χ0n) is 3.21. The Morgan fingerprint density at radius 1 is 2.00 bits per heavy atom. The molecule has 0 saturated heterocycles. The summed E-state index contributed by atoms with van der Waals surface area (Å²) in [6.45, 7) is 2.19. The Bertz CT molecular complexity index is 8.00. The van der Waals surface area contributed by atoms with Crippen LogP contribution in [0.5, 0.6) is 0 Å². The van der Waals surface area contributed by atoms with Crippen molar-refractivity contribution in [1.29, 1.82) is 0 Å². The van der Waals surface area contributed by atoms with E-state index in [0.717, 1.165) is 8.46 Å². The molecule has 0 N–H and O–H groups in total. The maximum atomic E-state index is 2.21. The Morgan fingerprint density at radius 3 is 2.25 bits per heavy atom. The first-order valence-electron chi connectivity index (χ1n) is 1.56. The lowest BCUT2D eigenvalue weighted by molar-refractivity contribution is 1.53. The van der Waals surface area contributed by atoms with Gasteiger partial charge in [0.15, 0.2) is 0 Å². The standard InChI is InChI=1S/C2H8BP/c1-2-4-3/h4H,2-3H2,1H3. The highest BCUT2D eigenvalue weighted by atomic mass is 31.1. The molecule has 0 heterocycles. The molecule has 0 radical (unpaired) electrons. The van der Waals surface area contributed by atoms with Crippen molar-refractivity contribution in [2.75, 3.05) is 6.16 Å². The summed E-state index contributed by atoms with van der Waals surface area (Å²) >= 11 is 0. The quantitative estimate of drug-likeness (QED) is 0.308. The largest absolute Gasteiger partial charge is 0.164 e. The molecule has 0 fully saturated rings.